The highest BCUT2D eigenvalue weighted by Crippen LogP contribution is 2.39. The molecule has 4 heteroatoms. The summed E-state index contributed by atoms with van der Waals surface area (Å²) in [4.78, 5) is 13.9. The second-order valence-corrected chi connectivity index (χ2v) is 5.55. The molecule has 17 heavy (non-hydrogen) atoms. The Balaban J connectivity index is 2.60. The van der Waals surface area contributed by atoms with Gasteiger partial charge in [-0.25, -0.2) is 0 Å². The summed E-state index contributed by atoms with van der Waals surface area (Å²) in [6.45, 7) is 5.76. The Morgan fingerprint density at radius 1 is 1.41 bits per heavy atom. The molecule has 0 spiro atoms. The van der Waals surface area contributed by atoms with Crippen LogP contribution in [-0.4, -0.2) is 16.3 Å². The summed E-state index contributed by atoms with van der Waals surface area (Å²) in [7, 11) is 0. The number of fused-ring (bicyclic) bond motifs is 1. The van der Waals surface area contributed by atoms with Crippen LogP contribution >= 0.6 is 11.6 Å². The summed E-state index contributed by atoms with van der Waals surface area (Å²) in [6.07, 6.45) is 0. The quantitative estimate of drug-likeness (QED) is 0.708. The number of halogens is 1. The van der Waals surface area contributed by atoms with E-state index >= 15 is 0 Å². The van der Waals surface area contributed by atoms with Crippen LogP contribution in [0, 0.1) is 11.3 Å². The molecule has 0 radical (unpaired) electrons. The molecule has 1 aliphatic heterocycles. The second-order valence-electron chi connectivity index (χ2n) is 5.11. The topological polar surface area (TPSA) is 44.1 Å². The highest BCUT2D eigenvalue weighted by Gasteiger charge is 2.42. The summed E-state index contributed by atoms with van der Waals surface area (Å²) in [5.74, 6) is -0.101. The number of rotatable bonds is 0. The molecule has 2 rings (SSSR count). The molecule has 0 saturated heterocycles. The third kappa shape index (κ3) is 1.79. The molecular formula is C13H13ClN2O. The Morgan fingerprint density at radius 3 is 2.59 bits per heavy atom. The Bertz CT molecular complexity index is 525. The standard InChI is InChI=1S/C13H13ClN2O/c1-13(2,3)16-11(7-15)10-6-8(14)4-5-9(10)12(16)17/h4-6,11H,1-3H3. The van der Waals surface area contributed by atoms with E-state index < -0.39 is 6.04 Å². The van der Waals surface area contributed by atoms with Crippen molar-refractivity contribution in [3.05, 3.63) is 34.3 Å². The average Bonchev–Trinajstić information content (AvgIpc) is 2.50. The SMILES string of the molecule is CC(C)(C)N1C(=O)c2ccc(Cl)cc2C1C#N. The van der Waals surface area contributed by atoms with Gasteiger partial charge in [0.2, 0.25) is 0 Å². The normalized spacial score (nSPS) is 19.1. The van der Waals surface area contributed by atoms with Crippen molar-refractivity contribution in [3.63, 3.8) is 0 Å². The van der Waals surface area contributed by atoms with Crippen LogP contribution in [0.1, 0.15) is 42.7 Å². The third-order valence-electron chi connectivity index (χ3n) is 2.86. The average molecular weight is 249 g/mol. The first kappa shape index (κ1) is 11.9. The maximum absolute atomic E-state index is 12.3. The van der Waals surface area contributed by atoms with E-state index in [0.29, 0.717) is 16.1 Å². The molecule has 0 aromatic heterocycles. The van der Waals surface area contributed by atoms with E-state index in [9.17, 15) is 10.1 Å². The number of nitrogens with zero attached hydrogens (tertiary/aromatic N) is 2. The fraction of sp³-hybridized carbons (Fsp3) is 0.385. The van der Waals surface area contributed by atoms with Crippen LogP contribution in [0.2, 0.25) is 5.02 Å². The van der Waals surface area contributed by atoms with Crippen LogP contribution in [0.5, 0.6) is 0 Å². The summed E-state index contributed by atoms with van der Waals surface area (Å²) in [6, 6.07) is 6.71. The van der Waals surface area contributed by atoms with Crippen LogP contribution in [0.15, 0.2) is 18.2 Å². The maximum atomic E-state index is 12.3. The van der Waals surface area contributed by atoms with Gasteiger partial charge in [0.15, 0.2) is 0 Å². The fourth-order valence-corrected chi connectivity index (χ4v) is 2.34. The predicted molar refractivity (Wildman–Crippen MR) is 65.7 cm³/mol. The molecule has 1 atom stereocenters. The Hall–Kier alpha value is -1.53. The lowest BCUT2D eigenvalue weighted by Gasteiger charge is -2.34. The monoisotopic (exact) mass is 248 g/mol. The predicted octanol–water partition coefficient (Wildman–Crippen LogP) is 3.16. The zero-order valence-electron chi connectivity index (χ0n) is 9.99. The molecule has 1 unspecified atom stereocenters. The van der Waals surface area contributed by atoms with Crippen molar-refractivity contribution >= 4 is 17.5 Å². The molecule has 1 aliphatic rings. The van der Waals surface area contributed by atoms with E-state index in [0.717, 1.165) is 0 Å². The van der Waals surface area contributed by atoms with Gasteiger partial charge in [-0.2, -0.15) is 5.26 Å². The van der Waals surface area contributed by atoms with Gasteiger partial charge in [-0.3, -0.25) is 4.79 Å². The lowest BCUT2D eigenvalue weighted by molar-refractivity contribution is 0.0568. The van der Waals surface area contributed by atoms with Gasteiger partial charge in [0.1, 0.15) is 6.04 Å². The van der Waals surface area contributed by atoms with Gasteiger partial charge in [-0.15, -0.1) is 0 Å². The number of carbonyl (C=O) groups is 1. The molecule has 1 heterocycles. The summed E-state index contributed by atoms with van der Waals surface area (Å²) < 4.78 is 0. The van der Waals surface area contributed by atoms with Crippen molar-refractivity contribution in [2.24, 2.45) is 0 Å². The van der Waals surface area contributed by atoms with Crippen LogP contribution in [0.25, 0.3) is 0 Å². The molecule has 0 bridgehead atoms. The largest absolute Gasteiger partial charge is 0.314 e. The first-order chi connectivity index (χ1) is 7.86. The fourth-order valence-electron chi connectivity index (χ4n) is 2.16. The van der Waals surface area contributed by atoms with Gasteiger partial charge in [-0.05, 0) is 39.0 Å². The molecule has 3 nitrogen and oxygen atoms in total. The van der Waals surface area contributed by atoms with E-state index in [-0.39, 0.29) is 11.4 Å². The Morgan fingerprint density at radius 2 is 2.06 bits per heavy atom. The maximum Gasteiger partial charge on any atom is 0.256 e. The molecule has 0 saturated carbocycles. The molecule has 1 aromatic rings. The van der Waals surface area contributed by atoms with E-state index in [1.54, 1.807) is 23.1 Å². The van der Waals surface area contributed by atoms with Crippen molar-refractivity contribution < 1.29 is 4.79 Å². The lowest BCUT2D eigenvalue weighted by atomic mass is 10.0. The van der Waals surface area contributed by atoms with Crippen molar-refractivity contribution in [1.29, 1.82) is 5.26 Å². The van der Waals surface area contributed by atoms with Crippen molar-refractivity contribution in [1.82, 2.24) is 4.90 Å². The van der Waals surface area contributed by atoms with Gasteiger partial charge in [0.05, 0.1) is 6.07 Å². The first-order valence-electron chi connectivity index (χ1n) is 5.39. The van der Waals surface area contributed by atoms with E-state index in [2.05, 4.69) is 6.07 Å². The molecule has 1 amide bonds. The molecular weight excluding hydrogens is 236 g/mol. The summed E-state index contributed by atoms with van der Waals surface area (Å²) >= 11 is 5.92. The minimum Gasteiger partial charge on any atom is -0.314 e. The van der Waals surface area contributed by atoms with Crippen molar-refractivity contribution in [3.8, 4) is 6.07 Å². The number of nitriles is 1. The Kier molecular flexibility index (Phi) is 2.63. The molecule has 0 aliphatic carbocycles. The van der Waals surface area contributed by atoms with Gasteiger partial charge in [0.25, 0.3) is 5.91 Å². The van der Waals surface area contributed by atoms with E-state index in [1.807, 2.05) is 20.8 Å². The van der Waals surface area contributed by atoms with Crippen molar-refractivity contribution in [2.45, 2.75) is 32.4 Å². The van der Waals surface area contributed by atoms with Gasteiger partial charge >= 0.3 is 0 Å². The molecule has 0 fully saturated rings. The third-order valence-corrected chi connectivity index (χ3v) is 3.10. The van der Waals surface area contributed by atoms with Crippen LogP contribution < -0.4 is 0 Å². The minimum atomic E-state index is -0.545. The van der Waals surface area contributed by atoms with E-state index in [4.69, 9.17) is 11.6 Å². The van der Waals surface area contributed by atoms with Gasteiger partial charge in [-0.1, -0.05) is 11.6 Å². The molecule has 1 aromatic carbocycles. The second kappa shape index (κ2) is 3.75. The lowest BCUT2D eigenvalue weighted by Crippen LogP contribution is -2.43. The molecule has 88 valence electrons. The number of hydrogen-bond donors (Lipinski definition) is 0. The first-order valence-corrected chi connectivity index (χ1v) is 5.77. The van der Waals surface area contributed by atoms with Gasteiger partial charge in [0, 0.05) is 21.7 Å². The van der Waals surface area contributed by atoms with Crippen LogP contribution in [-0.2, 0) is 0 Å². The van der Waals surface area contributed by atoms with Crippen molar-refractivity contribution in [2.75, 3.05) is 0 Å². The summed E-state index contributed by atoms with van der Waals surface area (Å²) in [5, 5.41) is 9.82. The van der Waals surface area contributed by atoms with Crippen LogP contribution in [0.4, 0.5) is 0 Å². The zero-order chi connectivity index (χ0) is 12.8. The van der Waals surface area contributed by atoms with Crippen LogP contribution in [0.3, 0.4) is 0 Å². The van der Waals surface area contributed by atoms with E-state index in [1.165, 1.54) is 0 Å². The number of amides is 1. The zero-order valence-corrected chi connectivity index (χ0v) is 10.7. The highest BCUT2D eigenvalue weighted by molar-refractivity contribution is 6.30. The smallest absolute Gasteiger partial charge is 0.256 e. The number of carbonyl (C=O) groups excluding carboxylic acids is 1. The Labute approximate surface area is 106 Å². The number of benzene rings is 1. The molecule has 0 N–H and O–H groups in total. The minimum absolute atomic E-state index is 0.101. The van der Waals surface area contributed by atoms with Gasteiger partial charge < -0.3 is 4.90 Å². The summed E-state index contributed by atoms with van der Waals surface area (Å²) in [5.41, 5.74) is 0.902. The highest BCUT2D eigenvalue weighted by atomic mass is 35.5. The number of hydrogen-bond acceptors (Lipinski definition) is 2.